The number of carbonyl (C=O) groups excluding carboxylic acids is 2. The Balaban J connectivity index is 1.75. The predicted molar refractivity (Wildman–Crippen MR) is 91.5 cm³/mol. The molecule has 0 N–H and O–H groups in total. The van der Waals surface area contributed by atoms with Gasteiger partial charge >= 0.3 is 6.09 Å². The second kappa shape index (κ2) is 7.30. The first-order valence-corrected chi connectivity index (χ1v) is 8.19. The van der Waals surface area contributed by atoms with Crippen LogP contribution in [0.25, 0.3) is 0 Å². The lowest BCUT2D eigenvalue weighted by Gasteiger charge is -2.36. The number of ether oxygens (including phenoxy) is 1. The van der Waals surface area contributed by atoms with Crippen LogP contribution >= 0.6 is 0 Å². The number of amides is 1. The molecule has 0 saturated carbocycles. The third kappa shape index (κ3) is 3.65. The van der Waals surface area contributed by atoms with Crippen LogP contribution in [0, 0.1) is 0 Å². The molecule has 0 radical (unpaired) electrons. The molecule has 4 nitrogen and oxygen atoms in total. The van der Waals surface area contributed by atoms with Crippen LogP contribution in [0.3, 0.4) is 0 Å². The van der Waals surface area contributed by atoms with E-state index < -0.39 is 0 Å². The normalized spacial score (nSPS) is 16.4. The van der Waals surface area contributed by atoms with Crippen molar-refractivity contribution in [2.45, 2.75) is 32.4 Å². The summed E-state index contributed by atoms with van der Waals surface area (Å²) in [5.41, 5.74) is 3.21. The van der Waals surface area contributed by atoms with Gasteiger partial charge in [0.15, 0.2) is 0 Å². The van der Waals surface area contributed by atoms with Gasteiger partial charge in [0.05, 0.1) is 6.04 Å². The van der Waals surface area contributed by atoms with E-state index in [1.54, 1.807) is 11.8 Å². The fourth-order valence-electron chi connectivity index (χ4n) is 3.16. The van der Waals surface area contributed by atoms with Crippen molar-refractivity contribution in [1.82, 2.24) is 4.90 Å². The fourth-order valence-corrected chi connectivity index (χ4v) is 3.16. The number of ketones is 1. The number of rotatable bonds is 4. The first kappa shape index (κ1) is 16.2. The molecule has 0 bridgehead atoms. The van der Waals surface area contributed by atoms with Gasteiger partial charge in [0.25, 0.3) is 0 Å². The number of hydrogen-bond donors (Lipinski definition) is 0. The Labute approximate surface area is 142 Å². The Kier molecular flexibility index (Phi) is 4.94. The van der Waals surface area contributed by atoms with Gasteiger partial charge in [-0.3, -0.25) is 4.79 Å². The van der Waals surface area contributed by atoms with Gasteiger partial charge in [0.2, 0.25) is 0 Å². The highest BCUT2D eigenvalue weighted by Gasteiger charge is 2.32. The Morgan fingerprint density at radius 3 is 2.54 bits per heavy atom. The van der Waals surface area contributed by atoms with E-state index in [1.165, 1.54) is 5.56 Å². The van der Waals surface area contributed by atoms with Gasteiger partial charge in [-0.2, -0.15) is 0 Å². The average Bonchev–Trinajstić information content (AvgIpc) is 2.60. The molecule has 1 aliphatic rings. The maximum atomic E-state index is 12.6. The summed E-state index contributed by atoms with van der Waals surface area (Å²) in [6, 6.07) is 17.4. The fraction of sp³-hybridized carbons (Fsp3) is 0.300. The minimum absolute atomic E-state index is 0.0672. The molecule has 1 atom stereocenters. The van der Waals surface area contributed by atoms with Crippen molar-refractivity contribution in [2.24, 2.45) is 0 Å². The zero-order valence-corrected chi connectivity index (χ0v) is 13.8. The number of nitrogens with zero attached hydrogens (tertiary/aromatic N) is 1. The van der Waals surface area contributed by atoms with E-state index in [4.69, 9.17) is 4.74 Å². The van der Waals surface area contributed by atoms with E-state index in [-0.39, 0.29) is 24.5 Å². The molecular weight excluding hydrogens is 302 g/mol. The summed E-state index contributed by atoms with van der Waals surface area (Å²) in [4.78, 5) is 25.9. The van der Waals surface area contributed by atoms with Crippen LogP contribution in [0.2, 0.25) is 0 Å². The SMILES string of the molecule is CC(=O)CC1c2ccccc2CCN1C(=O)OCc1ccccc1. The Bertz CT molecular complexity index is 727. The van der Waals surface area contributed by atoms with Crippen LogP contribution in [-0.2, 0) is 22.6 Å². The maximum absolute atomic E-state index is 12.6. The summed E-state index contributed by atoms with van der Waals surface area (Å²) < 4.78 is 5.47. The molecule has 2 aromatic rings. The van der Waals surface area contributed by atoms with Gasteiger partial charge in [0, 0.05) is 13.0 Å². The minimum Gasteiger partial charge on any atom is -0.445 e. The first-order valence-electron chi connectivity index (χ1n) is 8.19. The molecule has 2 aromatic carbocycles. The van der Waals surface area contributed by atoms with Gasteiger partial charge in [0.1, 0.15) is 12.4 Å². The predicted octanol–water partition coefficient (Wildman–Crippen LogP) is 3.90. The summed E-state index contributed by atoms with van der Waals surface area (Å²) in [6.07, 6.45) is 0.738. The lowest BCUT2D eigenvalue weighted by atomic mass is 9.90. The van der Waals surface area contributed by atoms with Crippen molar-refractivity contribution in [2.75, 3.05) is 6.54 Å². The van der Waals surface area contributed by atoms with E-state index >= 15 is 0 Å². The van der Waals surface area contributed by atoms with Crippen LogP contribution in [0.1, 0.15) is 36.1 Å². The average molecular weight is 323 g/mol. The standard InChI is InChI=1S/C20H21NO3/c1-15(22)13-19-18-10-6-5-9-17(18)11-12-21(19)20(23)24-14-16-7-3-2-4-8-16/h2-10,19H,11-14H2,1H3. The van der Waals surface area contributed by atoms with E-state index in [1.807, 2.05) is 48.5 Å². The van der Waals surface area contributed by atoms with E-state index in [0.29, 0.717) is 13.0 Å². The van der Waals surface area contributed by atoms with Crippen LogP contribution in [0.4, 0.5) is 4.79 Å². The molecule has 0 aliphatic carbocycles. The smallest absolute Gasteiger partial charge is 0.410 e. The molecule has 0 spiro atoms. The maximum Gasteiger partial charge on any atom is 0.410 e. The summed E-state index contributed by atoms with van der Waals surface area (Å²) in [5.74, 6) is 0.0672. The third-order valence-electron chi connectivity index (χ3n) is 4.33. The Morgan fingerprint density at radius 1 is 1.08 bits per heavy atom. The lowest BCUT2D eigenvalue weighted by Crippen LogP contribution is -2.41. The van der Waals surface area contributed by atoms with Crippen molar-refractivity contribution in [3.63, 3.8) is 0 Å². The largest absolute Gasteiger partial charge is 0.445 e. The van der Waals surface area contributed by atoms with E-state index in [0.717, 1.165) is 17.5 Å². The molecule has 0 fully saturated rings. The van der Waals surface area contributed by atoms with E-state index in [9.17, 15) is 9.59 Å². The summed E-state index contributed by atoms with van der Waals surface area (Å²) in [6.45, 7) is 2.37. The Morgan fingerprint density at radius 2 is 1.79 bits per heavy atom. The third-order valence-corrected chi connectivity index (χ3v) is 4.33. The summed E-state index contributed by atoms with van der Waals surface area (Å²) in [5, 5.41) is 0. The van der Waals surface area contributed by atoms with Gasteiger partial charge < -0.3 is 9.64 Å². The van der Waals surface area contributed by atoms with Gasteiger partial charge in [-0.1, -0.05) is 54.6 Å². The van der Waals surface area contributed by atoms with Gasteiger partial charge in [-0.25, -0.2) is 4.79 Å². The second-order valence-corrected chi connectivity index (χ2v) is 6.10. The second-order valence-electron chi connectivity index (χ2n) is 6.10. The molecule has 4 heteroatoms. The van der Waals surface area contributed by atoms with Gasteiger partial charge in [-0.15, -0.1) is 0 Å². The lowest BCUT2D eigenvalue weighted by molar-refractivity contribution is -0.118. The van der Waals surface area contributed by atoms with Crippen LogP contribution in [0.15, 0.2) is 54.6 Å². The van der Waals surface area contributed by atoms with Crippen molar-refractivity contribution in [3.05, 3.63) is 71.3 Å². The number of fused-ring (bicyclic) bond motifs is 1. The minimum atomic E-state index is -0.361. The molecule has 0 aromatic heterocycles. The molecule has 1 unspecified atom stereocenters. The first-order chi connectivity index (χ1) is 11.6. The van der Waals surface area contributed by atoms with Gasteiger partial charge in [-0.05, 0) is 30.0 Å². The highest BCUT2D eigenvalue weighted by atomic mass is 16.6. The molecule has 124 valence electrons. The zero-order chi connectivity index (χ0) is 16.9. The molecule has 1 amide bonds. The topological polar surface area (TPSA) is 46.6 Å². The quantitative estimate of drug-likeness (QED) is 0.857. The number of carbonyl (C=O) groups is 2. The number of benzene rings is 2. The van der Waals surface area contributed by atoms with Crippen LogP contribution < -0.4 is 0 Å². The molecule has 0 saturated heterocycles. The molecule has 1 aliphatic heterocycles. The van der Waals surface area contributed by atoms with Crippen LogP contribution in [-0.4, -0.2) is 23.3 Å². The van der Waals surface area contributed by atoms with E-state index in [2.05, 4.69) is 6.07 Å². The summed E-state index contributed by atoms with van der Waals surface area (Å²) in [7, 11) is 0. The van der Waals surface area contributed by atoms with Crippen molar-refractivity contribution in [3.8, 4) is 0 Å². The van der Waals surface area contributed by atoms with Crippen molar-refractivity contribution >= 4 is 11.9 Å². The summed E-state index contributed by atoms with van der Waals surface area (Å²) >= 11 is 0. The van der Waals surface area contributed by atoms with Crippen molar-refractivity contribution in [1.29, 1.82) is 0 Å². The molecular formula is C20H21NO3. The molecule has 24 heavy (non-hydrogen) atoms. The number of Topliss-reactive ketones (excluding diaryl/α,β-unsaturated/α-hetero) is 1. The zero-order valence-electron chi connectivity index (χ0n) is 13.8. The monoisotopic (exact) mass is 323 g/mol. The van der Waals surface area contributed by atoms with Crippen molar-refractivity contribution < 1.29 is 14.3 Å². The molecule has 1 heterocycles. The highest BCUT2D eigenvalue weighted by molar-refractivity contribution is 5.78. The van der Waals surface area contributed by atoms with Crippen LogP contribution in [0.5, 0.6) is 0 Å². The molecule has 3 rings (SSSR count). The Hall–Kier alpha value is -2.62. The highest BCUT2D eigenvalue weighted by Crippen LogP contribution is 2.32. The number of hydrogen-bond acceptors (Lipinski definition) is 3.